The second kappa shape index (κ2) is 7.97. The molecule has 4 heteroatoms. The molecule has 4 nitrogen and oxygen atoms in total. The fourth-order valence-corrected chi connectivity index (χ4v) is 3.03. The van der Waals surface area contributed by atoms with Gasteiger partial charge in [0.1, 0.15) is 11.9 Å². The Balaban J connectivity index is 2.09. The largest absolute Gasteiger partial charge is 0.489 e. The van der Waals surface area contributed by atoms with Crippen LogP contribution in [0.2, 0.25) is 0 Å². The van der Waals surface area contributed by atoms with E-state index in [1.165, 1.54) is 12.8 Å². The van der Waals surface area contributed by atoms with Crippen molar-refractivity contribution in [3.05, 3.63) is 29.8 Å². The molecular formula is C18H25NO3. The van der Waals surface area contributed by atoms with Crippen LogP contribution < -0.4 is 10.5 Å². The summed E-state index contributed by atoms with van der Waals surface area (Å²) in [6, 6.07) is 7.36. The molecule has 120 valence electrons. The number of amides is 1. The molecule has 22 heavy (non-hydrogen) atoms. The number of carbonyl (C=O) groups is 2. The lowest BCUT2D eigenvalue weighted by atomic mass is 9.83. The zero-order valence-corrected chi connectivity index (χ0v) is 13.2. The second-order valence-corrected chi connectivity index (χ2v) is 5.98. The third kappa shape index (κ3) is 4.09. The van der Waals surface area contributed by atoms with E-state index in [1.807, 2.05) is 18.2 Å². The molecule has 0 spiro atoms. The number of para-hydroxylation sites is 1. The first-order valence-corrected chi connectivity index (χ1v) is 8.21. The monoisotopic (exact) mass is 303 g/mol. The van der Waals surface area contributed by atoms with Crippen LogP contribution in [-0.4, -0.2) is 17.8 Å². The summed E-state index contributed by atoms with van der Waals surface area (Å²) in [6.07, 6.45) is 5.98. The van der Waals surface area contributed by atoms with E-state index in [0.717, 1.165) is 19.3 Å². The van der Waals surface area contributed by atoms with Gasteiger partial charge in [-0.3, -0.25) is 9.59 Å². The van der Waals surface area contributed by atoms with E-state index in [9.17, 15) is 9.59 Å². The minimum atomic E-state index is -0.364. The van der Waals surface area contributed by atoms with Crippen molar-refractivity contribution < 1.29 is 14.3 Å². The molecule has 1 aromatic rings. The lowest BCUT2D eigenvalue weighted by molar-refractivity contribution is -0.118. The molecule has 0 saturated carbocycles. The molecular weight excluding hydrogens is 278 g/mol. The molecule has 2 rings (SSSR count). The number of hydrogen-bond donors (Lipinski definition) is 1. The zero-order chi connectivity index (χ0) is 15.9. The fraction of sp³-hybridized carbons (Fsp3) is 0.556. The molecule has 1 amide bonds. The number of carbonyl (C=O) groups excluding carboxylic acids is 2. The summed E-state index contributed by atoms with van der Waals surface area (Å²) in [5, 5.41) is 0. The summed E-state index contributed by atoms with van der Waals surface area (Å²) in [7, 11) is 0. The van der Waals surface area contributed by atoms with Crippen LogP contribution in [0, 0.1) is 5.92 Å². The third-order valence-corrected chi connectivity index (χ3v) is 4.26. The number of nitrogens with two attached hydrogens (primary N) is 1. The molecule has 2 unspecified atom stereocenters. The van der Waals surface area contributed by atoms with Gasteiger partial charge in [0.15, 0.2) is 5.78 Å². The molecule has 0 aliphatic carbocycles. The van der Waals surface area contributed by atoms with E-state index in [1.54, 1.807) is 6.07 Å². The van der Waals surface area contributed by atoms with Crippen LogP contribution >= 0.6 is 0 Å². The number of ether oxygens (including phenoxy) is 1. The van der Waals surface area contributed by atoms with Gasteiger partial charge >= 0.3 is 0 Å². The van der Waals surface area contributed by atoms with E-state index in [0.29, 0.717) is 17.7 Å². The lowest BCUT2D eigenvalue weighted by Crippen LogP contribution is -2.38. The average Bonchev–Trinajstić information content (AvgIpc) is 2.51. The van der Waals surface area contributed by atoms with Gasteiger partial charge in [0.25, 0.3) is 0 Å². The predicted octanol–water partition coefficient (Wildman–Crippen LogP) is 3.48. The minimum absolute atomic E-state index is 0.0867. The summed E-state index contributed by atoms with van der Waals surface area (Å²) < 4.78 is 6.05. The number of ketones is 1. The van der Waals surface area contributed by atoms with Gasteiger partial charge < -0.3 is 10.5 Å². The summed E-state index contributed by atoms with van der Waals surface area (Å²) in [6.45, 7) is 2.17. The van der Waals surface area contributed by atoms with Crippen molar-refractivity contribution in [2.24, 2.45) is 11.7 Å². The smallest absolute Gasteiger partial charge is 0.217 e. The van der Waals surface area contributed by atoms with Crippen molar-refractivity contribution in [1.82, 2.24) is 0 Å². The van der Waals surface area contributed by atoms with E-state index in [4.69, 9.17) is 10.5 Å². The predicted molar refractivity (Wildman–Crippen MR) is 85.9 cm³/mol. The quantitative estimate of drug-likeness (QED) is 0.747. The Morgan fingerprint density at radius 1 is 1.18 bits per heavy atom. The third-order valence-electron chi connectivity index (χ3n) is 4.26. The van der Waals surface area contributed by atoms with Gasteiger partial charge in [-0.15, -0.1) is 0 Å². The topological polar surface area (TPSA) is 69.4 Å². The van der Waals surface area contributed by atoms with Crippen LogP contribution in [0.5, 0.6) is 5.75 Å². The minimum Gasteiger partial charge on any atom is -0.489 e. The fourth-order valence-electron chi connectivity index (χ4n) is 3.03. The highest BCUT2D eigenvalue weighted by atomic mass is 16.5. The average molecular weight is 303 g/mol. The highest BCUT2D eigenvalue weighted by molar-refractivity contribution is 6.01. The number of benzene rings is 1. The van der Waals surface area contributed by atoms with Crippen LogP contribution in [0.15, 0.2) is 24.3 Å². The van der Waals surface area contributed by atoms with E-state index < -0.39 is 0 Å². The molecule has 1 aromatic carbocycles. The van der Waals surface area contributed by atoms with Crippen molar-refractivity contribution in [2.45, 2.75) is 58.0 Å². The Morgan fingerprint density at radius 2 is 1.95 bits per heavy atom. The van der Waals surface area contributed by atoms with Gasteiger partial charge in [-0.1, -0.05) is 38.3 Å². The number of Topliss-reactive ketones (excluding diaryl/α,β-unsaturated/α-hetero) is 1. The van der Waals surface area contributed by atoms with Gasteiger partial charge in [-0.05, 0) is 31.4 Å². The highest BCUT2D eigenvalue weighted by Crippen LogP contribution is 2.34. The van der Waals surface area contributed by atoms with Gasteiger partial charge in [-0.2, -0.15) is 0 Å². The Morgan fingerprint density at radius 3 is 2.68 bits per heavy atom. The number of rotatable bonds is 8. The van der Waals surface area contributed by atoms with E-state index in [-0.39, 0.29) is 30.1 Å². The maximum Gasteiger partial charge on any atom is 0.217 e. The van der Waals surface area contributed by atoms with Crippen LogP contribution in [0.4, 0.5) is 0 Å². The first kappa shape index (κ1) is 16.5. The molecule has 0 saturated heterocycles. The Bertz CT molecular complexity index is 527. The van der Waals surface area contributed by atoms with Crippen molar-refractivity contribution >= 4 is 11.7 Å². The Kier molecular flexibility index (Phi) is 5.99. The van der Waals surface area contributed by atoms with Crippen molar-refractivity contribution in [1.29, 1.82) is 0 Å². The first-order chi connectivity index (χ1) is 10.6. The van der Waals surface area contributed by atoms with E-state index in [2.05, 4.69) is 6.92 Å². The Hall–Kier alpha value is -1.84. The van der Waals surface area contributed by atoms with Crippen LogP contribution in [0.3, 0.4) is 0 Å². The SMILES string of the molecule is CCCCCCC1Oc2ccccc2C(=O)C1CCC(N)=O. The van der Waals surface area contributed by atoms with Crippen molar-refractivity contribution in [3.8, 4) is 5.75 Å². The number of primary amides is 1. The maximum atomic E-state index is 12.7. The summed E-state index contributed by atoms with van der Waals surface area (Å²) in [5.74, 6) is 0.132. The normalized spacial score (nSPS) is 20.3. The summed E-state index contributed by atoms with van der Waals surface area (Å²) in [4.78, 5) is 23.8. The van der Waals surface area contributed by atoms with Crippen LogP contribution in [0.1, 0.15) is 62.2 Å². The number of unbranched alkanes of at least 4 members (excludes halogenated alkanes) is 3. The van der Waals surface area contributed by atoms with Gasteiger partial charge in [0, 0.05) is 6.42 Å². The van der Waals surface area contributed by atoms with Gasteiger partial charge in [-0.25, -0.2) is 0 Å². The standard InChI is InChI=1S/C18H25NO3/c1-2-3-4-5-9-16-14(11-12-17(19)20)18(21)13-8-6-7-10-15(13)22-16/h6-8,10,14,16H,2-5,9,11-12H2,1H3,(H2,19,20). The van der Waals surface area contributed by atoms with Crippen molar-refractivity contribution in [3.63, 3.8) is 0 Å². The molecule has 0 aromatic heterocycles. The van der Waals surface area contributed by atoms with Crippen LogP contribution in [-0.2, 0) is 4.79 Å². The molecule has 0 bridgehead atoms. The second-order valence-electron chi connectivity index (χ2n) is 5.98. The van der Waals surface area contributed by atoms with Crippen molar-refractivity contribution in [2.75, 3.05) is 0 Å². The summed E-state index contributed by atoms with van der Waals surface area (Å²) in [5.41, 5.74) is 5.87. The molecule has 0 radical (unpaired) electrons. The molecule has 2 atom stereocenters. The molecule has 1 heterocycles. The molecule has 2 N–H and O–H groups in total. The molecule has 1 aliphatic heterocycles. The van der Waals surface area contributed by atoms with Crippen LogP contribution in [0.25, 0.3) is 0 Å². The highest BCUT2D eigenvalue weighted by Gasteiger charge is 2.36. The molecule has 0 fully saturated rings. The number of fused-ring (bicyclic) bond motifs is 1. The Labute approximate surface area is 132 Å². The maximum absolute atomic E-state index is 12.7. The van der Waals surface area contributed by atoms with Gasteiger partial charge in [0.2, 0.25) is 5.91 Å². The van der Waals surface area contributed by atoms with Gasteiger partial charge in [0.05, 0.1) is 11.5 Å². The first-order valence-electron chi connectivity index (χ1n) is 8.21. The zero-order valence-electron chi connectivity index (χ0n) is 13.2. The molecule has 1 aliphatic rings. The lowest BCUT2D eigenvalue weighted by Gasteiger charge is -2.32. The van der Waals surface area contributed by atoms with E-state index >= 15 is 0 Å². The number of hydrogen-bond acceptors (Lipinski definition) is 3. The summed E-state index contributed by atoms with van der Waals surface area (Å²) >= 11 is 0.